The van der Waals surface area contributed by atoms with Crippen molar-refractivity contribution >= 4 is 11.4 Å². The van der Waals surface area contributed by atoms with Crippen molar-refractivity contribution in [1.82, 2.24) is 19.6 Å². The number of hydrogen-bond donors (Lipinski definition) is 2. The number of piperidine rings is 1. The molecule has 0 aliphatic carbocycles. The van der Waals surface area contributed by atoms with Crippen molar-refractivity contribution in [2.75, 3.05) is 45.9 Å². The third-order valence-corrected chi connectivity index (χ3v) is 4.82. The third kappa shape index (κ3) is 5.03. The summed E-state index contributed by atoms with van der Waals surface area (Å²) in [5, 5.41) is 3.28. The fraction of sp³-hybridized carbons (Fsp3) is 0.579. The molecule has 2 aliphatic rings. The molecule has 0 aromatic carbocycles. The lowest BCUT2D eigenvalue weighted by molar-refractivity contribution is 0.0382. The number of nitrogens with two attached hydrogens (primary N) is 1. The molecular formula is C19H29N5O2. The Balaban J connectivity index is 0.000000278. The Morgan fingerprint density at radius 1 is 1.19 bits per heavy atom. The number of carbonyl (C=O) groups excluding carboxylic acids is 1. The third-order valence-electron chi connectivity index (χ3n) is 4.82. The van der Waals surface area contributed by atoms with Crippen LogP contribution < -0.4 is 11.1 Å². The van der Waals surface area contributed by atoms with Crippen LogP contribution in [0.1, 0.15) is 35.6 Å². The maximum absolute atomic E-state index is 11.5. The molecule has 4 heterocycles. The van der Waals surface area contributed by atoms with Crippen LogP contribution >= 0.6 is 0 Å². The number of ether oxygens (including phenoxy) is 1. The number of amides is 1. The molecule has 7 heteroatoms. The molecule has 2 aromatic heterocycles. The van der Waals surface area contributed by atoms with Gasteiger partial charge in [0, 0.05) is 32.3 Å². The molecule has 2 saturated heterocycles. The van der Waals surface area contributed by atoms with Crippen LogP contribution in [0.15, 0.2) is 24.4 Å². The highest BCUT2D eigenvalue weighted by atomic mass is 16.5. The zero-order valence-electron chi connectivity index (χ0n) is 15.3. The maximum atomic E-state index is 11.5. The summed E-state index contributed by atoms with van der Waals surface area (Å²) in [4.78, 5) is 18.2. The molecule has 4 rings (SSSR count). The largest absolute Gasteiger partial charge is 0.379 e. The summed E-state index contributed by atoms with van der Waals surface area (Å²) in [5.74, 6) is 0.396. The van der Waals surface area contributed by atoms with Crippen LogP contribution in [0.5, 0.6) is 0 Å². The molecule has 0 unspecified atom stereocenters. The highest BCUT2D eigenvalue weighted by Crippen LogP contribution is 2.13. The molecule has 0 saturated carbocycles. The molecule has 142 valence electrons. The molecule has 0 atom stereocenters. The number of carbonyl (C=O) groups is 1. The van der Waals surface area contributed by atoms with Crippen LogP contribution in [0, 0.1) is 0 Å². The maximum Gasteiger partial charge on any atom is 0.269 e. The van der Waals surface area contributed by atoms with Gasteiger partial charge in [0.25, 0.3) is 5.91 Å². The SMILES string of the molecule is C1CCNCC1.NC(=O)c1nc(CCN2CCOCC2)n2ccccc12. The topological polar surface area (TPSA) is 84.9 Å². The lowest BCUT2D eigenvalue weighted by Gasteiger charge is -2.26. The second kappa shape index (κ2) is 9.66. The highest BCUT2D eigenvalue weighted by molar-refractivity contribution is 5.97. The number of nitrogens with zero attached hydrogens (tertiary/aromatic N) is 3. The number of imidazole rings is 1. The van der Waals surface area contributed by atoms with Gasteiger partial charge in [0.1, 0.15) is 5.82 Å². The summed E-state index contributed by atoms with van der Waals surface area (Å²) < 4.78 is 7.28. The Hall–Kier alpha value is -1.96. The summed E-state index contributed by atoms with van der Waals surface area (Å²) in [6, 6.07) is 5.68. The van der Waals surface area contributed by atoms with Gasteiger partial charge in [0.05, 0.1) is 18.7 Å². The first-order chi connectivity index (χ1) is 12.8. The van der Waals surface area contributed by atoms with Gasteiger partial charge in [-0.1, -0.05) is 12.5 Å². The van der Waals surface area contributed by atoms with Crippen LogP contribution in [0.4, 0.5) is 0 Å². The first-order valence-electron chi connectivity index (χ1n) is 9.52. The smallest absolute Gasteiger partial charge is 0.269 e. The fourth-order valence-electron chi connectivity index (χ4n) is 3.34. The van der Waals surface area contributed by atoms with E-state index in [4.69, 9.17) is 10.5 Å². The van der Waals surface area contributed by atoms with Crippen molar-refractivity contribution in [1.29, 1.82) is 0 Å². The molecule has 0 spiro atoms. The van der Waals surface area contributed by atoms with Crippen molar-refractivity contribution in [3.05, 3.63) is 35.9 Å². The average molecular weight is 359 g/mol. The average Bonchev–Trinajstić information content (AvgIpc) is 3.08. The standard InChI is InChI=1S/C14H18N4O2.C5H11N/c15-14(19)13-11-3-1-2-5-18(11)12(16-13)4-6-17-7-9-20-10-8-17;1-2-4-6-5-3-1/h1-3,5H,4,6-10H2,(H2,15,19);6H,1-5H2. The molecule has 26 heavy (non-hydrogen) atoms. The Bertz CT molecular complexity index is 694. The van der Waals surface area contributed by atoms with Crippen LogP contribution in [0.3, 0.4) is 0 Å². The summed E-state index contributed by atoms with van der Waals surface area (Å²) in [7, 11) is 0. The van der Waals surface area contributed by atoms with Crippen LogP contribution in [0.25, 0.3) is 5.52 Å². The van der Waals surface area contributed by atoms with Gasteiger partial charge in [0.15, 0.2) is 5.69 Å². The first-order valence-corrected chi connectivity index (χ1v) is 9.52. The number of rotatable bonds is 4. The minimum atomic E-state index is -0.480. The van der Waals surface area contributed by atoms with E-state index in [1.807, 2.05) is 28.8 Å². The van der Waals surface area contributed by atoms with E-state index in [2.05, 4.69) is 15.2 Å². The van der Waals surface area contributed by atoms with Gasteiger partial charge < -0.3 is 20.2 Å². The number of fused-ring (bicyclic) bond motifs is 1. The van der Waals surface area contributed by atoms with E-state index < -0.39 is 5.91 Å². The number of hydrogen-bond acceptors (Lipinski definition) is 5. The second-order valence-corrected chi connectivity index (χ2v) is 6.71. The Labute approximate surface area is 154 Å². The van der Waals surface area contributed by atoms with E-state index in [0.29, 0.717) is 5.69 Å². The normalized spacial score (nSPS) is 18.3. The van der Waals surface area contributed by atoms with Crippen LogP contribution in [-0.4, -0.2) is 66.1 Å². The number of morpholine rings is 1. The van der Waals surface area contributed by atoms with Crippen molar-refractivity contribution in [2.45, 2.75) is 25.7 Å². The molecule has 2 aromatic rings. The van der Waals surface area contributed by atoms with Gasteiger partial charge >= 0.3 is 0 Å². The Kier molecular flexibility index (Phi) is 6.99. The molecule has 2 fully saturated rings. The van der Waals surface area contributed by atoms with Crippen LogP contribution in [0.2, 0.25) is 0 Å². The fourth-order valence-corrected chi connectivity index (χ4v) is 3.34. The van der Waals surface area contributed by atoms with E-state index in [1.54, 1.807) is 0 Å². The molecule has 1 amide bonds. The van der Waals surface area contributed by atoms with Crippen molar-refractivity contribution in [3.63, 3.8) is 0 Å². The molecule has 2 aliphatic heterocycles. The predicted octanol–water partition coefficient (Wildman–Crippen LogP) is 1.07. The molecule has 0 bridgehead atoms. The second-order valence-electron chi connectivity index (χ2n) is 6.71. The predicted molar refractivity (Wildman–Crippen MR) is 101 cm³/mol. The van der Waals surface area contributed by atoms with Gasteiger partial charge in [-0.2, -0.15) is 0 Å². The van der Waals surface area contributed by atoms with Gasteiger partial charge in [-0.15, -0.1) is 0 Å². The lowest BCUT2D eigenvalue weighted by atomic mass is 10.2. The van der Waals surface area contributed by atoms with Gasteiger partial charge in [-0.25, -0.2) is 4.98 Å². The van der Waals surface area contributed by atoms with Gasteiger partial charge in [0.2, 0.25) is 0 Å². The molecular weight excluding hydrogens is 330 g/mol. The Morgan fingerprint density at radius 2 is 1.96 bits per heavy atom. The lowest BCUT2D eigenvalue weighted by Crippen LogP contribution is -2.37. The van der Waals surface area contributed by atoms with Gasteiger partial charge in [-0.3, -0.25) is 9.69 Å². The zero-order chi connectivity index (χ0) is 18.2. The summed E-state index contributed by atoms with van der Waals surface area (Å²) in [6.07, 6.45) is 6.93. The summed E-state index contributed by atoms with van der Waals surface area (Å²) >= 11 is 0. The van der Waals surface area contributed by atoms with E-state index >= 15 is 0 Å². The minimum Gasteiger partial charge on any atom is -0.379 e. The summed E-state index contributed by atoms with van der Waals surface area (Å²) in [5.41, 5.74) is 6.52. The first kappa shape index (κ1) is 18.8. The number of pyridine rings is 1. The molecule has 0 radical (unpaired) electrons. The number of aromatic nitrogens is 2. The Morgan fingerprint density at radius 3 is 2.58 bits per heavy atom. The number of primary amides is 1. The van der Waals surface area contributed by atoms with E-state index in [0.717, 1.165) is 50.6 Å². The van der Waals surface area contributed by atoms with Crippen molar-refractivity contribution < 1.29 is 9.53 Å². The van der Waals surface area contributed by atoms with Crippen molar-refractivity contribution in [2.24, 2.45) is 5.73 Å². The van der Waals surface area contributed by atoms with Gasteiger partial charge in [-0.05, 0) is 38.1 Å². The quantitative estimate of drug-likeness (QED) is 0.853. The molecule has 7 nitrogen and oxygen atoms in total. The van der Waals surface area contributed by atoms with E-state index in [9.17, 15) is 4.79 Å². The highest BCUT2D eigenvalue weighted by Gasteiger charge is 2.16. The van der Waals surface area contributed by atoms with E-state index in [1.165, 1.54) is 32.4 Å². The van der Waals surface area contributed by atoms with Crippen LogP contribution in [-0.2, 0) is 11.2 Å². The monoisotopic (exact) mass is 359 g/mol. The summed E-state index contributed by atoms with van der Waals surface area (Å²) in [6.45, 7) is 6.89. The minimum absolute atomic E-state index is 0.350. The van der Waals surface area contributed by atoms with E-state index in [-0.39, 0.29) is 0 Å². The zero-order valence-corrected chi connectivity index (χ0v) is 15.3. The number of nitrogens with one attached hydrogen (secondary N) is 1. The van der Waals surface area contributed by atoms with Crippen molar-refractivity contribution in [3.8, 4) is 0 Å². The molecule has 3 N–H and O–H groups in total.